The number of aliphatic imine (C=N–C) groups is 1. The van der Waals surface area contributed by atoms with Crippen molar-refractivity contribution in [3.63, 3.8) is 0 Å². The van der Waals surface area contributed by atoms with E-state index in [1.54, 1.807) is 18.2 Å². The Labute approximate surface area is 150 Å². The molecule has 2 aromatic rings. The zero-order valence-corrected chi connectivity index (χ0v) is 14.7. The summed E-state index contributed by atoms with van der Waals surface area (Å²) in [5, 5.41) is 3.02. The third-order valence-corrected chi connectivity index (χ3v) is 3.74. The van der Waals surface area contributed by atoms with Gasteiger partial charge in [-0.05, 0) is 48.2 Å². The van der Waals surface area contributed by atoms with Crippen molar-refractivity contribution in [2.75, 3.05) is 11.9 Å². The number of benzene rings is 2. The van der Waals surface area contributed by atoms with Gasteiger partial charge in [0.1, 0.15) is 6.61 Å². The van der Waals surface area contributed by atoms with Crippen LogP contribution in [0, 0.1) is 13.8 Å². The average Bonchev–Trinajstić information content (AvgIpc) is 2.56. The van der Waals surface area contributed by atoms with Gasteiger partial charge >= 0.3 is 6.18 Å². The lowest BCUT2D eigenvalue weighted by molar-refractivity contribution is -0.176. The number of ether oxygens (including phenoxy) is 1. The van der Waals surface area contributed by atoms with Crippen LogP contribution in [0.1, 0.15) is 22.3 Å². The van der Waals surface area contributed by atoms with E-state index in [1.165, 1.54) is 5.56 Å². The minimum atomic E-state index is -4.32. The van der Waals surface area contributed by atoms with Gasteiger partial charge in [0.15, 0.2) is 5.96 Å². The Kier molecular flexibility index (Phi) is 6.63. The fraction of sp³-hybridized carbons (Fsp3) is 0.316. The normalized spacial score (nSPS) is 12.3. The maximum absolute atomic E-state index is 12.1. The molecule has 26 heavy (non-hydrogen) atoms. The third-order valence-electron chi connectivity index (χ3n) is 3.74. The second-order valence-corrected chi connectivity index (χ2v) is 6.05. The highest BCUT2D eigenvalue weighted by Gasteiger charge is 2.27. The first-order chi connectivity index (χ1) is 12.2. The molecule has 0 aliphatic carbocycles. The summed E-state index contributed by atoms with van der Waals surface area (Å²) in [5.41, 5.74) is 10.6. The summed E-state index contributed by atoms with van der Waals surface area (Å²) in [6.07, 6.45) is -4.32. The van der Waals surface area contributed by atoms with Crippen LogP contribution >= 0.6 is 0 Å². The minimum absolute atomic E-state index is 0.104. The molecule has 0 aliphatic rings. The van der Waals surface area contributed by atoms with Crippen molar-refractivity contribution in [3.05, 3.63) is 64.7 Å². The smallest absolute Gasteiger partial charge is 0.370 e. The first-order valence-corrected chi connectivity index (χ1v) is 8.09. The number of nitrogens with one attached hydrogen (secondary N) is 1. The predicted octanol–water partition coefficient (Wildman–Crippen LogP) is 4.31. The summed E-state index contributed by atoms with van der Waals surface area (Å²) < 4.78 is 41.0. The molecule has 4 nitrogen and oxygen atoms in total. The van der Waals surface area contributed by atoms with Gasteiger partial charge in [-0.15, -0.1) is 0 Å². The van der Waals surface area contributed by atoms with Crippen molar-refractivity contribution in [2.45, 2.75) is 33.2 Å². The van der Waals surface area contributed by atoms with E-state index >= 15 is 0 Å². The number of nitrogens with two attached hydrogens (primary N) is 1. The second-order valence-electron chi connectivity index (χ2n) is 6.05. The van der Waals surface area contributed by atoms with E-state index in [4.69, 9.17) is 5.73 Å². The van der Waals surface area contributed by atoms with Crippen LogP contribution in [0.2, 0.25) is 0 Å². The van der Waals surface area contributed by atoms with Crippen molar-refractivity contribution in [2.24, 2.45) is 10.7 Å². The van der Waals surface area contributed by atoms with E-state index in [9.17, 15) is 13.2 Å². The molecule has 0 unspecified atom stereocenters. The van der Waals surface area contributed by atoms with Crippen molar-refractivity contribution < 1.29 is 17.9 Å². The van der Waals surface area contributed by atoms with E-state index in [0.29, 0.717) is 12.1 Å². The largest absolute Gasteiger partial charge is 0.411 e. The SMILES string of the molecule is Cc1ccc(NC(N)=NCc2cccc(COCC(F)(F)F)c2)cc1C. The van der Waals surface area contributed by atoms with Crippen LogP contribution in [0.3, 0.4) is 0 Å². The molecule has 0 saturated heterocycles. The van der Waals surface area contributed by atoms with Gasteiger partial charge in [0.25, 0.3) is 0 Å². The molecule has 0 fully saturated rings. The van der Waals surface area contributed by atoms with Crippen LogP contribution in [0.5, 0.6) is 0 Å². The van der Waals surface area contributed by atoms with E-state index in [2.05, 4.69) is 15.0 Å². The Bertz CT molecular complexity index is 773. The van der Waals surface area contributed by atoms with Crippen molar-refractivity contribution >= 4 is 11.6 Å². The Balaban J connectivity index is 1.92. The van der Waals surface area contributed by atoms with Gasteiger partial charge in [-0.2, -0.15) is 13.2 Å². The lowest BCUT2D eigenvalue weighted by Gasteiger charge is -2.09. The molecular weight excluding hydrogens is 343 g/mol. The Morgan fingerprint density at radius 1 is 1.08 bits per heavy atom. The summed E-state index contributed by atoms with van der Waals surface area (Å²) in [6.45, 7) is 2.99. The molecule has 2 aromatic carbocycles. The van der Waals surface area contributed by atoms with Crippen LogP contribution in [0.4, 0.5) is 18.9 Å². The summed E-state index contributed by atoms with van der Waals surface area (Å²) in [4.78, 5) is 4.26. The molecule has 0 aliphatic heterocycles. The maximum Gasteiger partial charge on any atom is 0.411 e. The van der Waals surface area contributed by atoms with Crippen LogP contribution in [-0.4, -0.2) is 18.7 Å². The van der Waals surface area contributed by atoms with Gasteiger partial charge in [0.2, 0.25) is 0 Å². The average molecular weight is 365 g/mol. The van der Waals surface area contributed by atoms with Crippen LogP contribution < -0.4 is 11.1 Å². The van der Waals surface area contributed by atoms with Gasteiger partial charge in [-0.1, -0.05) is 30.3 Å². The molecule has 3 N–H and O–H groups in total. The fourth-order valence-electron chi connectivity index (χ4n) is 2.29. The van der Waals surface area contributed by atoms with Gasteiger partial charge in [0.05, 0.1) is 13.2 Å². The maximum atomic E-state index is 12.1. The third kappa shape index (κ3) is 6.76. The van der Waals surface area contributed by atoms with Crippen molar-refractivity contribution in [3.8, 4) is 0 Å². The number of anilines is 1. The van der Waals surface area contributed by atoms with E-state index in [-0.39, 0.29) is 12.6 Å². The topological polar surface area (TPSA) is 59.6 Å². The minimum Gasteiger partial charge on any atom is -0.370 e. The van der Waals surface area contributed by atoms with Gasteiger partial charge in [-0.25, -0.2) is 4.99 Å². The number of halogens is 3. The molecule has 0 saturated carbocycles. The molecule has 0 amide bonds. The van der Waals surface area contributed by atoms with Crippen molar-refractivity contribution in [1.29, 1.82) is 0 Å². The highest BCUT2D eigenvalue weighted by Crippen LogP contribution is 2.16. The molecular formula is C19H22F3N3O. The standard InChI is InChI=1S/C19H22F3N3O/c1-13-6-7-17(8-14(13)2)25-18(23)24-10-15-4-3-5-16(9-15)11-26-12-19(20,21)22/h3-9H,10-12H2,1-2H3,(H3,23,24,25). The molecule has 140 valence electrons. The second kappa shape index (κ2) is 8.71. The number of hydrogen-bond acceptors (Lipinski definition) is 2. The van der Waals surface area contributed by atoms with E-state index < -0.39 is 12.8 Å². The molecule has 2 rings (SSSR count). The molecule has 0 spiro atoms. The summed E-state index contributed by atoms with van der Waals surface area (Å²) in [5.74, 6) is 0.270. The number of rotatable bonds is 6. The highest BCUT2D eigenvalue weighted by atomic mass is 19.4. The predicted molar refractivity (Wildman–Crippen MR) is 97.0 cm³/mol. The van der Waals surface area contributed by atoms with Gasteiger partial charge in [0, 0.05) is 5.69 Å². The first kappa shape index (κ1) is 19.8. The quantitative estimate of drug-likeness (QED) is 0.592. The zero-order valence-electron chi connectivity index (χ0n) is 14.7. The number of hydrogen-bond donors (Lipinski definition) is 2. The first-order valence-electron chi connectivity index (χ1n) is 8.09. The number of alkyl halides is 3. The highest BCUT2D eigenvalue weighted by molar-refractivity contribution is 5.92. The van der Waals surface area contributed by atoms with Crippen molar-refractivity contribution in [1.82, 2.24) is 0 Å². The molecule has 0 radical (unpaired) electrons. The zero-order chi connectivity index (χ0) is 19.2. The Hall–Kier alpha value is -2.54. The van der Waals surface area contributed by atoms with E-state index in [0.717, 1.165) is 16.8 Å². The number of nitrogens with zero attached hydrogens (tertiary/aromatic N) is 1. The molecule has 7 heteroatoms. The lowest BCUT2D eigenvalue weighted by atomic mass is 10.1. The van der Waals surface area contributed by atoms with Crippen LogP contribution in [0.15, 0.2) is 47.5 Å². The molecule has 0 atom stereocenters. The molecule has 0 heterocycles. The summed E-state index contributed by atoms with van der Waals surface area (Å²) in [6, 6.07) is 12.9. The monoisotopic (exact) mass is 365 g/mol. The fourth-order valence-corrected chi connectivity index (χ4v) is 2.29. The van der Waals surface area contributed by atoms with Crippen LogP contribution in [-0.2, 0) is 17.9 Å². The molecule has 0 aromatic heterocycles. The summed E-state index contributed by atoms with van der Waals surface area (Å²) >= 11 is 0. The Morgan fingerprint density at radius 3 is 2.50 bits per heavy atom. The number of aryl methyl sites for hydroxylation is 2. The van der Waals surface area contributed by atoms with Gasteiger partial charge < -0.3 is 15.8 Å². The summed E-state index contributed by atoms with van der Waals surface area (Å²) in [7, 11) is 0. The lowest BCUT2D eigenvalue weighted by Crippen LogP contribution is -2.22. The molecule has 0 bridgehead atoms. The van der Waals surface area contributed by atoms with Gasteiger partial charge in [-0.3, -0.25) is 0 Å². The number of guanidine groups is 1. The van der Waals surface area contributed by atoms with E-state index in [1.807, 2.05) is 38.1 Å². The van der Waals surface area contributed by atoms with Crippen LogP contribution in [0.25, 0.3) is 0 Å². The Morgan fingerprint density at radius 2 is 1.81 bits per heavy atom.